The van der Waals surface area contributed by atoms with Gasteiger partial charge in [0.1, 0.15) is 12.6 Å². The highest BCUT2D eigenvalue weighted by Gasteiger charge is 2.36. The van der Waals surface area contributed by atoms with Crippen LogP contribution in [0.15, 0.2) is 180 Å². The van der Waals surface area contributed by atoms with Gasteiger partial charge in [-0.1, -0.05) is 157 Å². The summed E-state index contributed by atoms with van der Waals surface area (Å²) in [6, 6.07) is 52.5. The number of carbonyl (C=O) groups excluding carboxylic acids is 4. The Hall–Kier alpha value is -9.40. The molecule has 0 saturated heterocycles. The van der Waals surface area contributed by atoms with Crippen molar-refractivity contribution in [2.75, 3.05) is 94.4 Å². The van der Waals surface area contributed by atoms with Crippen LogP contribution in [0.5, 0.6) is 23.0 Å². The second kappa shape index (κ2) is 38.1. The first kappa shape index (κ1) is 71.4. The van der Waals surface area contributed by atoms with Crippen LogP contribution in [0.2, 0.25) is 0 Å². The van der Waals surface area contributed by atoms with Gasteiger partial charge in [-0.25, -0.2) is 0 Å². The van der Waals surface area contributed by atoms with Crippen LogP contribution in [0.4, 0.5) is 0 Å². The molecule has 7 aromatic carbocycles. The number of fused-ring (bicyclic) bond motifs is 3. The number of hydrogen-bond donors (Lipinski definition) is 3. The third-order valence-corrected chi connectivity index (χ3v) is 16.6. The molecule has 0 heterocycles. The van der Waals surface area contributed by atoms with E-state index in [1.807, 2.05) is 121 Å². The second-order valence-corrected chi connectivity index (χ2v) is 22.8. The minimum Gasteiger partial charge on any atom is -0.493 e. The summed E-state index contributed by atoms with van der Waals surface area (Å²) in [5.41, 5.74) is 15.7. The highest BCUT2D eigenvalue weighted by Crippen LogP contribution is 2.51. The Morgan fingerprint density at radius 3 is 1.75 bits per heavy atom. The Balaban J connectivity index is 0.931. The molecule has 3 atom stereocenters. The van der Waals surface area contributed by atoms with Crippen molar-refractivity contribution < 1.29 is 61.8 Å². The second-order valence-electron chi connectivity index (χ2n) is 22.8. The third kappa shape index (κ3) is 20.5. The molecule has 2 amide bonds. The molecule has 1 unspecified atom stereocenters. The van der Waals surface area contributed by atoms with Gasteiger partial charge in [-0.15, -0.1) is 0 Å². The summed E-state index contributed by atoms with van der Waals surface area (Å²) >= 11 is 0. The average Bonchev–Trinajstić information content (AvgIpc) is 1.74. The summed E-state index contributed by atoms with van der Waals surface area (Å²) in [6.07, 6.45) is 2.68. The highest BCUT2D eigenvalue weighted by atomic mass is 16.6. The fourth-order valence-electron chi connectivity index (χ4n) is 11.9. The van der Waals surface area contributed by atoms with Gasteiger partial charge in [-0.3, -0.25) is 29.3 Å². The molecule has 0 saturated carbocycles. The minimum absolute atomic E-state index is 0.0155. The van der Waals surface area contributed by atoms with Crippen molar-refractivity contribution in [1.29, 1.82) is 0 Å². The normalized spacial score (nSPS) is 13.1. The van der Waals surface area contributed by atoms with E-state index in [2.05, 4.69) is 62.4 Å². The SMILES string of the molecule is COc1cc2c(c(OC)c1OC)-c1ccc(OC)c(=O)cc1[C@@H](CC(=O)OCc1ccc(CC(=O)C(CCCCNC(c3ccccc3)(c3ccccc3)c3ccccc3)NC(=O)[C@@H](Cc3ccccc3)NC(=O)CCOCCOCCOCCOCCN=[N+]=[N-])cc1)CC2. The number of ketones is 1. The van der Waals surface area contributed by atoms with E-state index < -0.39 is 41.3 Å². The van der Waals surface area contributed by atoms with Crippen LogP contribution >= 0.6 is 0 Å². The number of aryl methyl sites for hydroxylation is 1. The Morgan fingerprint density at radius 2 is 1.17 bits per heavy atom. The molecule has 3 N–H and O–H groups in total. The van der Waals surface area contributed by atoms with Gasteiger partial charge in [0.15, 0.2) is 23.0 Å². The topological polar surface area (TPSA) is 253 Å². The molecule has 95 heavy (non-hydrogen) atoms. The summed E-state index contributed by atoms with van der Waals surface area (Å²) in [5, 5.41) is 13.4. The van der Waals surface area contributed by atoms with Gasteiger partial charge >= 0.3 is 5.97 Å². The molecule has 0 radical (unpaired) electrons. The summed E-state index contributed by atoms with van der Waals surface area (Å²) < 4.78 is 50.8. The predicted octanol–water partition coefficient (Wildman–Crippen LogP) is 10.8. The van der Waals surface area contributed by atoms with Gasteiger partial charge in [0.05, 0.1) is 99.3 Å². The summed E-state index contributed by atoms with van der Waals surface area (Å²) in [4.78, 5) is 73.1. The summed E-state index contributed by atoms with van der Waals surface area (Å²) in [5.74, 6) is -0.504. The number of hydrogen-bond acceptors (Lipinski definition) is 16. The summed E-state index contributed by atoms with van der Waals surface area (Å²) in [7, 11) is 6.07. The van der Waals surface area contributed by atoms with Gasteiger partial charge in [-0.2, -0.15) is 0 Å². The molecule has 0 bridgehead atoms. The first-order chi connectivity index (χ1) is 46.5. The monoisotopic (exact) mass is 1290 g/mol. The van der Waals surface area contributed by atoms with E-state index in [-0.39, 0.29) is 75.6 Å². The van der Waals surface area contributed by atoms with Gasteiger partial charge in [0, 0.05) is 36.3 Å². The quantitative estimate of drug-likeness (QED) is 0.00806. The number of methoxy groups -OCH3 is 4. The molecule has 8 rings (SSSR count). The Morgan fingerprint density at radius 1 is 0.600 bits per heavy atom. The van der Waals surface area contributed by atoms with E-state index in [0.717, 1.165) is 33.4 Å². The average molecular weight is 1300 g/mol. The van der Waals surface area contributed by atoms with E-state index in [9.17, 15) is 24.0 Å². The fraction of sp³-hybridized carbons (Fsp3) is 0.373. The Bertz CT molecular complexity index is 3580. The van der Waals surface area contributed by atoms with Crippen LogP contribution in [-0.2, 0) is 74.3 Å². The molecule has 0 fully saturated rings. The largest absolute Gasteiger partial charge is 0.493 e. The zero-order valence-electron chi connectivity index (χ0n) is 54.6. The number of carbonyl (C=O) groups is 4. The maximum atomic E-state index is 14.8. The van der Waals surface area contributed by atoms with Crippen molar-refractivity contribution in [3.63, 3.8) is 0 Å². The van der Waals surface area contributed by atoms with Gasteiger partial charge in [0.2, 0.25) is 23.0 Å². The molecular weight excluding hydrogens is 1210 g/mol. The number of benzene rings is 6. The van der Waals surface area contributed by atoms with E-state index in [1.165, 1.54) is 20.3 Å². The molecule has 0 aliphatic heterocycles. The Labute approximate surface area is 555 Å². The molecule has 20 heteroatoms. The van der Waals surface area contributed by atoms with Crippen LogP contribution in [0.1, 0.15) is 89.0 Å². The van der Waals surface area contributed by atoms with Crippen molar-refractivity contribution in [3.05, 3.63) is 235 Å². The predicted molar refractivity (Wildman–Crippen MR) is 362 cm³/mol. The minimum atomic E-state index is -1.02. The fourth-order valence-corrected chi connectivity index (χ4v) is 11.9. The lowest BCUT2D eigenvalue weighted by molar-refractivity contribution is -0.145. The number of esters is 1. The number of nitrogens with one attached hydrogen (secondary N) is 3. The van der Waals surface area contributed by atoms with Crippen LogP contribution < -0.4 is 40.3 Å². The number of amides is 2. The number of Topliss-reactive ketones (excluding diaryl/α,β-unsaturated/α-hetero) is 1. The highest BCUT2D eigenvalue weighted by molar-refractivity contribution is 5.94. The van der Waals surface area contributed by atoms with Crippen molar-refractivity contribution in [1.82, 2.24) is 16.0 Å². The van der Waals surface area contributed by atoms with Crippen molar-refractivity contribution in [2.45, 2.75) is 87.9 Å². The van der Waals surface area contributed by atoms with Gasteiger partial charge in [-0.05, 0) is 118 Å². The van der Waals surface area contributed by atoms with Gasteiger partial charge in [0.25, 0.3) is 0 Å². The lowest BCUT2D eigenvalue weighted by Gasteiger charge is -2.37. The van der Waals surface area contributed by atoms with Crippen LogP contribution in [0.25, 0.3) is 21.6 Å². The maximum absolute atomic E-state index is 14.8. The molecule has 0 spiro atoms. The van der Waals surface area contributed by atoms with E-state index in [0.29, 0.717) is 111 Å². The number of nitrogens with zero attached hydrogens (tertiary/aromatic N) is 3. The summed E-state index contributed by atoms with van der Waals surface area (Å²) in [6.45, 7) is 3.15. The van der Waals surface area contributed by atoms with E-state index in [1.54, 1.807) is 20.3 Å². The van der Waals surface area contributed by atoms with Gasteiger partial charge < -0.3 is 53.3 Å². The lowest BCUT2D eigenvalue weighted by Crippen LogP contribution is -2.52. The maximum Gasteiger partial charge on any atom is 0.306 e. The zero-order chi connectivity index (χ0) is 67.0. The van der Waals surface area contributed by atoms with Crippen LogP contribution in [0, 0.1) is 0 Å². The molecular formula is C75H86N6O14. The smallest absolute Gasteiger partial charge is 0.306 e. The molecule has 0 aromatic heterocycles. The molecule has 1 aliphatic rings. The molecule has 7 aromatic rings. The van der Waals surface area contributed by atoms with E-state index >= 15 is 0 Å². The number of rotatable bonds is 40. The first-order valence-corrected chi connectivity index (χ1v) is 32.2. The van der Waals surface area contributed by atoms with Crippen molar-refractivity contribution in [3.8, 4) is 34.1 Å². The lowest BCUT2D eigenvalue weighted by atomic mass is 9.77. The van der Waals surface area contributed by atoms with Crippen LogP contribution in [-0.4, -0.2) is 130 Å². The Kier molecular flexibility index (Phi) is 28.6. The molecule has 1 aliphatic carbocycles. The number of azide groups is 1. The van der Waals surface area contributed by atoms with Crippen molar-refractivity contribution >= 4 is 23.6 Å². The first-order valence-electron chi connectivity index (χ1n) is 32.2. The molecule has 20 nitrogen and oxygen atoms in total. The van der Waals surface area contributed by atoms with Crippen molar-refractivity contribution in [2.24, 2.45) is 5.11 Å². The molecule has 500 valence electrons. The number of unbranched alkanes of at least 4 members (excludes halogenated alkanes) is 1. The zero-order valence-corrected chi connectivity index (χ0v) is 54.6. The van der Waals surface area contributed by atoms with Crippen LogP contribution in [0.3, 0.4) is 0 Å². The third-order valence-electron chi connectivity index (χ3n) is 16.6. The number of ether oxygens (including phenoxy) is 9. The standard InChI is InChI=1S/C75H86N6O14/c1-87-67-35-34-61-62(51-66(67)83)56(32-33-57-49-68(88-2)72(89-3)73(90-4)71(57)61)50-70(85)95-52-55-30-28-54(29-31-55)48-65(82)63(27-17-18-37-77-75(58-21-11-6-12-22-58,59-23-13-7-14-24-59)60-25-15-8-16-26-60)80-74(86)64(47-53-19-9-5-10-20-53)79-69(84)36-39-91-41-43-93-45-46-94-44-42-92-40-38-78-81-76/h5-16,19-26,28-31,34-35,49,51,56,63-64,77H,17-18,27,32-33,36-48,50,52H2,1-4H3,(H,79,84)(H,80,86)/t56-,63?,64-/m1/s1. The van der Waals surface area contributed by atoms with E-state index in [4.69, 9.17) is 48.2 Å².